The van der Waals surface area contributed by atoms with Crippen molar-refractivity contribution in [2.75, 3.05) is 19.7 Å². The average Bonchev–Trinajstić information content (AvgIpc) is 2.63. The quantitative estimate of drug-likeness (QED) is 0.691. The van der Waals surface area contributed by atoms with Crippen LogP contribution in [0, 0.1) is 17.8 Å². The van der Waals surface area contributed by atoms with Gasteiger partial charge >= 0.3 is 5.97 Å². The topological polar surface area (TPSA) is 38.3 Å². The Bertz CT molecular complexity index is 205. The zero-order valence-corrected chi connectivity index (χ0v) is 8.79. The summed E-state index contributed by atoms with van der Waals surface area (Å²) in [5, 5.41) is 3.41. The summed E-state index contributed by atoms with van der Waals surface area (Å²) in [5.74, 6) is 2.24. The van der Waals surface area contributed by atoms with E-state index in [0.29, 0.717) is 18.9 Å². The third-order valence-electron chi connectivity index (χ3n) is 3.51. The third-order valence-corrected chi connectivity index (χ3v) is 3.51. The highest BCUT2D eigenvalue weighted by molar-refractivity contribution is 5.69. The first-order chi connectivity index (χ1) is 6.79. The molecule has 0 aromatic carbocycles. The number of rotatable bonds is 3. The summed E-state index contributed by atoms with van der Waals surface area (Å²) in [7, 11) is 0. The first-order valence-electron chi connectivity index (χ1n) is 5.66. The van der Waals surface area contributed by atoms with E-state index in [4.69, 9.17) is 4.74 Å². The molecular weight excluding hydrogens is 178 g/mol. The monoisotopic (exact) mass is 197 g/mol. The van der Waals surface area contributed by atoms with E-state index < -0.39 is 0 Å². The van der Waals surface area contributed by atoms with E-state index in [1.807, 2.05) is 6.92 Å². The van der Waals surface area contributed by atoms with Crippen molar-refractivity contribution in [2.45, 2.75) is 26.2 Å². The number of esters is 1. The molecule has 80 valence electrons. The molecule has 0 radical (unpaired) electrons. The van der Waals surface area contributed by atoms with E-state index in [-0.39, 0.29) is 5.97 Å². The van der Waals surface area contributed by atoms with Crippen LogP contribution in [0.25, 0.3) is 0 Å². The van der Waals surface area contributed by atoms with Gasteiger partial charge in [0, 0.05) is 6.42 Å². The van der Waals surface area contributed by atoms with Crippen LogP contribution in [0.5, 0.6) is 0 Å². The maximum atomic E-state index is 11.3. The minimum atomic E-state index is -0.00886. The van der Waals surface area contributed by atoms with Gasteiger partial charge in [0.1, 0.15) is 0 Å². The molecule has 14 heavy (non-hydrogen) atoms. The summed E-state index contributed by atoms with van der Waals surface area (Å²) in [5.41, 5.74) is 0. The SMILES string of the molecule is CCOC(=O)CC1CC2CNCC2C1. The molecule has 2 fully saturated rings. The molecule has 0 bridgehead atoms. The summed E-state index contributed by atoms with van der Waals surface area (Å²) in [6, 6.07) is 0. The van der Waals surface area contributed by atoms with Crippen LogP contribution in [0.15, 0.2) is 0 Å². The minimum absolute atomic E-state index is 0.00886. The Hall–Kier alpha value is -0.570. The Balaban J connectivity index is 1.76. The first-order valence-corrected chi connectivity index (χ1v) is 5.66. The normalized spacial score (nSPS) is 35.6. The standard InChI is InChI=1S/C11H19NO2/c1-2-14-11(13)5-8-3-9-6-12-7-10(9)4-8/h8-10,12H,2-7H2,1H3. The molecular formula is C11H19NO2. The Labute approximate surface area is 85.2 Å². The molecule has 1 heterocycles. The van der Waals surface area contributed by atoms with Crippen molar-refractivity contribution in [3.05, 3.63) is 0 Å². The zero-order valence-electron chi connectivity index (χ0n) is 8.79. The van der Waals surface area contributed by atoms with Gasteiger partial charge in [-0.25, -0.2) is 0 Å². The van der Waals surface area contributed by atoms with Crippen molar-refractivity contribution in [2.24, 2.45) is 17.8 Å². The highest BCUT2D eigenvalue weighted by Gasteiger charge is 2.37. The number of carbonyl (C=O) groups excluding carboxylic acids is 1. The molecule has 1 aliphatic heterocycles. The fourth-order valence-electron chi connectivity index (χ4n) is 2.91. The van der Waals surface area contributed by atoms with Gasteiger partial charge in [0.2, 0.25) is 0 Å². The van der Waals surface area contributed by atoms with Gasteiger partial charge in [-0.2, -0.15) is 0 Å². The molecule has 0 amide bonds. The van der Waals surface area contributed by atoms with Gasteiger partial charge in [-0.3, -0.25) is 4.79 Å². The Kier molecular flexibility index (Phi) is 3.06. The number of carbonyl (C=O) groups is 1. The van der Waals surface area contributed by atoms with Gasteiger partial charge in [0.25, 0.3) is 0 Å². The van der Waals surface area contributed by atoms with Gasteiger partial charge in [-0.1, -0.05) is 0 Å². The predicted molar refractivity (Wildman–Crippen MR) is 53.8 cm³/mol. The molecule has 2 rings (SSSR count). The molecule has 2 atom stereocenters. The summed E-state index contributed by atoms with van der Waals surface area (Å²) < 4.78 is 4.97. The lowest BCUT2D eigenvalue weighted by Gasteiger charge is -2.09. The molecule has 2 aliphatic rings. The maximum absolute atomic E-state index is 11.3. The highest BCUT2D eigenvalue weighted by atomic mass is 16.5. The predicted octanol–water partition coefficient (Wildman–Crippen LogP) is 1.19. The molecule has 1 saturated heterocycles. The van der Waals surface area contributed by atoms with Crippen LogP contribution in [0.1, 0.15) is 26.2 Å². The van der Waals surface area contributed by atoms with E-state index in [0.717, 1.165) is 24.9 Å². The van der Waals surface area contributed by atoms with Crippen LogP contribution in [-0.4, -0.2) is 25.7 Å². The summed E-state index contributed by atoms with van der Waals surface area (Å²) >= 11 is 0. The lowest BCUT2D eigenvalue weighted by Crippen LogP contribution is -2.14. The third kappa shape index (κ3) is 2.08. The van der Waals surface area contributed by atoms with E-state index >= 15 is 0 Å². The molecule has 0 aromatic heterocycles. The van der Waals surface area contributed by atoms with Crippen LogP contribution >= 0.6 is 0 Å². The smallest absolute Gasteiger partial charge is 0.306 e. The van der Waals surface area contributed by atoms with Crippen LogP contribution in [0.2, 0.25) is 0 Å². The molecule has 0 spiro atoms. The van der Waals surface area contributed by atoms with Crippen molar-refractivity contribution in [3.8, 4) is 0 Å². The van der Waals surface area contributed by atoms with Crippen LogP contribution in [0.3, 0.4) is 0 Å². The van der Waals surface area contributed by atoms with Gasteiger partial charge in [-0.15, -0.1) is 0 Å². The lowest BCUT2D eigenvalue weighted by molar-refractivity contribution is -0.144. The minimum Gasteiger partial charge on any atom is -0.466 e. The first kappa shape index (κ1) is 9.97. The zero-order chi connectivity index (χ0) is 9.97. The second-order valence-corrected chi connectivity index (χ2v) is 4.52. The molecule has 2 unspecified atom stereocenters. The van der Waals surface area contributed by atoms with E-state index in [2.05, 4.69) is 5.32 Å². The summed E-state index contributed by atoms with van der Waals surface area (Å²) in [6.07, 6.45) is 3.08. The number of nitrogens with one attached hydrogen (secondary N) is 1. The van der Waals surface area contributed by atoms with Crippen molar-refractivity contribution in [1.29, 1.82) is 0 Å². The Morgan fingerprint density at radius 2 is 2.00 bits per heavy atom. The molecule has 0 aromatic rings. The van der Waals surface area contributed by atoms with Crippen molar-refractivity contribution in [1.82, 2.24) is 5.32 Å². The van der Waals surface area contributed by atoms with Crippen LogP contribution in [-0.2, 0) is 9.53 Å². The number of hydrogen-bond donors (Lipinski definition) is 1. The number of ether oxygens (including phenoxy) is 1. The van der Waals surface area contributed by atoms with E-state index in [1.165, 1.54) is 12.8 Å². The van der Waals surface area contributed by atoms with Crippen molar-refractivity contribution >= 4 is 5.97 Å². The fourth-order valence-corrected chi connectivity index (χ4v) is 2.91. The van der Waals surface area contributed by atoms with Crippen LogP contribution < -0.4 is 5.32 Å². The summed E-state index contributed by atoms with van der Waals surface area (Å²) in [6.45, 7) is 4.69. The molecule has 1 aliphatic carbocycles. The maximum Gasteiger partial charge on any atom is 0.306 e. The molecule has 3 heteroatoms. The van der Waals surface area contributed by atoms with Crippen molar-refractivity contribution < 1.29 is 9.53 Å². The van der Waals surface area contributed by atoms with Gasteiger partial charge in [-0.05, 0) is 50.6 Å². The molecule has 3 nitrogen and oxygen atoms in total. The highest BCUT2D eigenvalue weighted by Crippen LogP contribution is 2.40. The number of hydrogen-bond acceptors (Lipinski definition) is 3. The van der Waals surface area contributed by atoms with E-state index in [9.17, 15) is 4.79 Å². The van der Waals surface area contributed by atoms with Gasteiger partial charge < -0.3 is 10.1 Å². The lowest BCUT2D eigenvalue weighted by atomic mass is 10.0. The Morgan fingerprint density at radius 1 is 1.36 bits per heavy atom. The second-order valence-electron chi connectivity index (χ2n) is 4.52. The fraction of sp³-hybridized carbons (Fsp3) is 0.909. The largest absolute Gasteiger partial charge is 0.466 e. The number of fused-ring (bicyclic) bond motifs is 1. The average molecular weight is 197 g/mol. The van der Waals surface area contributed by atoms with Crippen molar-refractivity contribution in [3.63, 3.8) is 0 Å². The second kappa shape index (κ2) is 4.30. The van der Waals surface area contributed by atoms with Gasteiger partial charge in [0.15, 0.2) is 0 Å². The molecule has 1 saturated carbocycles. The van der Waals surface area contributed by atoms with E-state index in [1.54, 1.807) is 0 Å². The Morgan fingerprint density at radius 3 is 2.57 bits per heavy atom. The molecule has 1 N–H and O–H groups in total. The van der Waals surface area contributed by atoms with Gasteiger partial charge in [0.05, 0.1) is 6.61 Å². The van der Waals surface area contributed by atoms with Crippen LogP contribution in [0.4, 0.5) is 0 Å². The summed E-state index contributed by atoms with van der Waals surface area (Å²) in [4.78, 5) is 11.3.